The van der Waals surface area contributed by atoms with Gasteiger partial charge in [0.25, 0.3) is 5.91 Å². The maximum atomic E-state index is 12.8. The van der Waals surface area contributed by atoms with E-state index in [4.69, 9.17) is 9.47 Å². The lowest BCUT2D eigenvalue weighted by molar-refractivity contribution is -0.386. The van der Waals surface area contributed by atoms with Gasteiger partial charge in [-0.1, -0.05) is 0 Å². The number of anilines is 1. The maximum absolute atomic E-state index is 12.8. The van der Waals surface area contributed by atoms with Crippen molar-refractivity contribution in [1.29, 1.82) is 0 Å². The lowest BCUT2D eigenvalue weighted by Gasteiger charge is -2.14. The second-order valence-corrected chi connectivity index (χ2v) is 5.69. The second kappa shape index (κ2) is 8.47. The zero-order valence-electron chi connectivity index (χ0n) is 14.9. The van der Waals surface area contributed by atoms with Crippen LogP contribution in [0, 0.1) is 10.1 Å². The van der Waals surface area contributed by atoms with Gasteiger partial charge in [-0.3, -0.25) is 14.9 Å². The van der Waals surface area contributed by atoms with Crippen LogP contribution in [0.3, 0.4) is 0 Å². The number of hydrogen-bond acceptors (Lipinski definition) is 5. The molecule has 2 rings (SSSR count). The summed E-state index contributed by atoms with van der Waals surface area (Å²) in [5.41, 5.74) is -3.74. The van der Waals surface area contributed by atoms with Crippen LogP contribution in [-0.4, -0.2) is 24.5 Å². The minimum atomic E-state index is -4.83. The molecule has 0 saturated heterocycles. The quantitative estimate of drug-likeness (QED) is 0.403. The molecular weight excluding hydrogens is 426 g/mol. The van der Waals surface area contributed by atoms with Crippen molar-refractivity contribution >= 4 is 17.3 Å². The first-order valence-corrected chi connectivity index (χ1v) is 7.86. The van der Waals surface area contributed by atoms with Gasteiger partial charge in [0.1, 0.15) is 5.75 Å². The van der Waals surface area contributed by atoms with Crippen molar-refractivity contribution < 1.29 is 45.5 Å². The summed E-state index contributed by atoms with van der Waals surface area (Å²) in [6.45, 7) is -0.925. The lowest BCUT2D eigenvalue weighted by Crippen LogP contribution is -2.21. The molecule has 0 fully saturated rings. The van der Waals surface area contributed by atoms with Gasteiger partial charge < -0.3 is 14.8 Å². The van der Waals surface area contributed by atoms with Crippen LogP contribution in [0.25, 0.3) is 0 Å². The highest BCUT2D eigenvalue weighted by atomic mass is 19.4. The van der Waals surface area contributed by atoms with E-state index in [0.717, 1.165) is 19.2 Å². The van der Waals surface area contributed by atoms with Crippen molar-refractivity contribution in [2.24, 2.45) is 0 Å². The average Bonchev–Trinajstić information content (AvgIpc) is 2.64. The Bertz CT molecular complexity index is 959. The molecule has 0 aliphatic rings. The molecule has 1 N–H and O–H groups in total. The van der Waals surface area contributed by atoms with Crippen LogP contribution < -0.4 is 14.8 Å². The number of halogens is 6. The van der Waals surface area contributed by atoms with Gasteiger partial charge in [-0.25, -0.2) is 0 Å². The summed E-state index contributed by atoms with van der Waals surface area (Å²) < 4.78 is 86.3. The van der Waals surface area contributed by atoms with Crippen molar-refractivity contribution in [3.8, 4) is 11.5 Å². The normalized spacial score (nSPS) is 11.7. The molecule has 0 aliphatic carbocycles. The van der Waals surface area contributed by atoms with Gasteiger partial charge in [-0.05, 0) is 30.3 Å². The van der Waals surface area contributed by atoms with Crippen LogP contribution in [-0.2, 0) is 17.1 Å². The number of rotatable bonds is 6. The number of ether oxygens (including phenoxy) is 2. The Morgan fingerprint density at radius 3 is 2.03 bits per heavy atom. The van der Waals surface area contributed by atoms with Crippen molar-refractivity contribution in [3.05, 3.63) is 57.6 Å². The van der Waals surface area contributed by atoms with E-state index in [2.05, 4.69) is 5.32 Å². The van der Waals surface area contributed by atoms with E-state index in [1.807, 2.05) is 0 Å². The Morgan fingerprint density at radius 1 is 1.00 bits per heavy atom. The highest BCUT2D eigenvalue weighted by Gasteiger charge is 2.34. The SMILES string of the molecule is COc1ccc(C(F)(F)F)cc1NC(=O)COc1ccc(C(F)(F)F)cc1[N+](=O)[O-]. The van der Waals surface area contributed by atoms with E-state index in [1.165, 1.54) is 0 Å². The summed E-state index contributed by atoms with van der Waals surface area (Å²) in [4.78, 5) is 21.9. The molecule has 0 atom stereocenters. The number of nitro groups is 1. The Kier molecular flexibility index (Phi) is 6.43. The molecule has 1 amide bonds. The molecule has 2 aromatic rings. The fourth-order valence-corrected chi connectivity index (χ4v) is 2.27. The Morgan fingerprint density at radius 2 is 1.53 bits per heavy atom. The fourth-order valence-electron chi connectivity index (χ4n) is 2.27. The first-order chi connectivity index (χ1) is 13.8. The summed E-state index contributed by atoms with van der Waals surface area (Å²) >= 11 is 0. The zero-order valence-corrected chi connectivity index (χ0v) is 14.9. The van der Waals surface area contributed by atoms with E-state index < -0.39 is 52.4 Å². The fraction of sp³-hybridized carbons (Fsp3) is 0.235. The molecule has 0 bridgehead atoms. The molecule has 0 heterocycles. The molecule has 2 aromatic carbocycles. The number of amides is 1. The number of hydrogen-bond donors (Lipinski definition) is 1. The first-order valence-electron chi connectivity index (χ1n) is 7.86. The van der Waals surface area contributed by atoms with Crippen molar-refractivity contribution in [2.45, 2.75) is 12.4 Å². The predicted molar refractivity (Wildman–Crippen MR) is 90.2 cm³/mol. The summed E-state index contributed by atoms with van der Waals surface area (Å²) in [5, 5.41) is 13.1. The van der Waals surface area contributed by atoms with Crippen LogP contribution in [0.15, 0.2) is 36.4 Å². The van der Waals surface area contributed by atoms with Crippen LogP contribution in [0.4, 0.5) is 37.7 Å². The smallest absolute Gasteiger partial charge is 0.416 e. The number of methoxy groups -OCH3 is 1. The number of alkyl halides is 6. The minimum absolute atomic E-state index is 0.100. The Labute approximate surface area is 164 Å². The van der Waals surface area contributed by atoms with Gasteiger partial charge in [0.15, 0.2) is 12.4 Å². The molecule has 0 saturated carbocycles. The van der Waals surface area contributed by atoms with Crippen molar-refractivity contribution in [3.63, 3.8) is 0 Å². The third-order valence-electron chi connectivity index (χ3n) is 3.64. The van der Waals surface area contributed by atoms with E-state index in [0.29, 0.717) is 18.2 Å². The molecular formula is C17H12F6N2O5. The van der Waals surface area contributed by atoms with E-state index in [9.17, 15) is 41.3 Å². The third kappa shape index (κ3) is 5.52. The van der Waals surface area contributed by atoms with Gasteiger partial charge in [-0.15, -0.1) is 0 Å². The van der Waals surface area contributed by atoms with Gasteiger partial charge in [0.05, 0.1) is 28.8 Å². The highest BCUT2D eigenvalue weighted by molar-refractivity contribution is 5.93. The minimum Gasteiger partial charge on any atom is -0.495 e. The van der Waals surface area contributed by atoms with E-state index in [-0.39, 0.29) is 17.5 Å². The number of nitrogens with one attached hydrogen (secondary N) is 1. The molecule has 30 heavy (non-hydrogen) atoms. The average molecular weight is 438 g/mol. The highest BCUT2D eigenvalue weighted by Crippen LogP contribution is 2.37. The van der Waals surface area contributed by atoms with Gasteiger partial charge >= 0.3 is 18.0 Å². The Balaban J connectivity index is 2.18. The van der Waals surface area contributed by atoms with Crippen LogP contribution >= 0.6 is 0 Å². The molecule has 0 aromatic heterocycles. The topological polar surface area (TPSA) is 90.7 Å². The molecule has 0 spiro atoms. The van der Waals surface area contributed by atoms with Crippen LogP contribution in [0.1, 0.15) is 11.1 Å². The largest absolute Gasteiger partial charge is 0.495 e. The van der Waals surface area contributed by atoms with Gasteiger partial charge in [-0.2, -0.15) is 26.3 Å². The number of carbonyl (C=O) groups excluding carboxylic acids is 1. The zero-order chi connectivity index (χ0) is 22.7. The maximum Gasteiger partial charge on any atom is 0.416 e. The van der Waals surface area contributed by atoms with E-state index in [1.54, 1.807) is 0 Å². The van der Waals surface area contributed by atoms with Gasteiger partial charge in [0, 0.05) is 6.07 Å². The van der Waals surface area contributed by atoms with Crippen LogP contribution in [0.5, 0.6) is 11.5 Å². The Hall–Kier alpha value is -3.51. The molecule has 0 radical (unpaired) electrons. The standard InChI is InChI=1S/C17H12F6N2O5/c1-29-13-4-2-9(16(18,19)20)6-11(13)24-15(26)8-30-14-5-3-10(17(21,22)23)7-12(14)25(27)28/h2-7H,8H2,1H3,(H,24,26). The predicted octanol–water partition coefficient (Wildman–Crippen LogP) is 4.66. The summed E-state index contributed by atoms with van der Waals surface area (Å²) in [7, 11) is 1.15. The number of nitro benzene ring substituents is 1. The molecule has 7 nitrogen and oxygen atoms in total. The first kappa shape index (κ1) is 22.8. The molecule has 13 heteroatoms. The number of nitrogens with zero attached hydrogens (tertiary/aromatic N) is 1. The van der Waals surface area contributed by atoms with E-state index >= 15 is 0 Å². The summed E-state index contributed by atoms with van der Waals surface area (Å²) in [6.07, 6.45) is -9.52. The van der Waals surface area contributed by atoms with Crippen LogP contribution in [0.2, 0.25) is 0 Å². The molecule has 0 unspecified atom stereocenters. The third-order valence-corrected chi connectivity index (χ3v) is 3.64. The molecule has 162 valence electrons. The number of carbonyl (C=O) groups is 1. The number of benzene rings is 2. The second-order valence-electron chi connectivity index (χ2n) is 5.69. The monoisotopic (exact) mass is 438 g/mol. The van der Waals surface area contributed by atoms with Crippen molar-refractivity contribution in [1.82, 2.24) is 0 Å². The van der Waals surface area contributed by atoms with Gasteiger partial charge in [0.2, 0.25) is 0 Å². The van der Waals surface area contributed by atoms with Crippen molar-refractivity contribution in [2.75, 3.05) is 19.0 Å². The summed E-state index contributed by atoms with van der Waals surface area (Å²) in [5.74, 6) is -1.75. The molecule has 0 aliphatic heterocycles. The lowest BCUT2D eigenvalue weighted by atomic mass is 10.1. The summed E-state index contributed by atoms with van der Waals surface area (Å²) in [6, 6.07) is 3.74.